The Morgan fingerprint density at radius 1 is 1.03 bits per heavy atom. The minimum absolute atomic E-state index is 0.00526. The number of aryl methyl sites for hydroxylation is 1. The summed E-state index contributed by atoms with van der Waals surface area (Å²) in [4.78, 5) is 23.9. The molecule has 0 spiro atoms. The zero-order valence-electron chi connectivity index (χ0n) is 22.3. The number of fused-ring (bicyclic) bond motifs is 2. The number of ether oxygens (including phenoxy) is 1. The number of nitriles is 1. The summed E-state index contributed by atoms with van der Waals surface area (Å²) in [5, 5.41) is 10.6. The van der Waals surface area contributed by atoms with E-state index in [1.165, 1.54) is 0 Å². The van der Waals surface area contributed by atoms with Crippen LogP contribution in [0.5, 0.6) is 0 Å². The molecule has 3 saturated heterocycles. The lowest BCUT2D eigenvalue weighted by molar-refractivity contribution is 0.108. The third-order valence-electron chi connectivity index (χ3n) is 8.27. The quantitative estimate of drug-likeness (QED) is 0.554. The van der Waals surface area contributed by atoms with E-state index in [2.05, 4.69) is 55.8 Å². The molecule has 198 valence electrons. The van der Waals surface area contributed by atoms with Crippen LogP contribution in [0.1, 0.15) is 18.2 Å². The van der Waals surface area contributed by atoms with E-state index in [9.17, 15) is 5.26 Å². The van der Waals surface area contributed by atoms with Gasteiger partial charge in [-0.2, -0.15) is 10.2 Å². The molecule has 0 amide bonds. The normalized spacial score (nSPS) is 26.0. The minimum Gasteiger partial charge on any atom is -0.378 e. The zero-order chi connectivity index (χ0) is 26.4. The summed E-state index contributed by atoms with van der Waals surface area (Å²) in [6.07, 6.45) is 1.75. The minimum atomic E-state index is -0.0423. The summed E-state index contributed by atoms with van der Waals surface area (Å²) in [6, 6.07) is 13.1. The van der Waals surface area contributed by atoms with Gasteiger partial charge in [0.2, 0.25) is 5.95 Å². The highest BCUT2D eigenvalue weighted by Gasteiger charge is 2.38. The van der Waals surface area contributed by atoms with Gasteiger partial charge in [-0.15, -0.1) is 0 Å². The van der Waals surface area contributed by atoms with Crippen molar-refractivity contribution in [2.24, 2.45) is 5.73 Å². The first-order chi connectivity index (χ1) is 18.4. The van der Waals surface area contributed by atoms with Crippen molar-refractivity contribution in [3.8, 4) is 6.07 Å². The van der Waals surface area contributed by atoms with E-state index in [1.807, 2.05) is 19.1 Å². The number of hydrogen-bond acceptors (Lipinski definition) is 10. The van der Waals surface area contributed by atoms with E-state index in [0.29, 0.717) is 30.7 Å². The number of methoxy groups -OCH3 is 1. The highest BCUT2D eigenvalue weighted by atomic mass is 16.5. The van der Waals surface area contributed by atoms with Crippen LogP contribution in [-0.2, 0) is 4.74 Å². The standard InChI is InChI=1S/C28H35N9O/c1-18-11-26(33-28(32-18)36-16-23(30)25(17-36)38-3)34-9-10-37-19(2)13-35(15-21(37)14-34)24-7-6-20(12-29)27-22(24)5-4-8-31-27/h4-8,11,19,21,23,25H,9-10,13-17,30H2,1-3H3/t19-,21+,23-,25-/m1/s1. The number of rotatable bonds is 4. The Bertz CT molecular complexity index is 1370. The van der Waals surface area contributed by atoms with Crippen molar-refractivity contribution in [1.29, 1.82) is 5.26 Å². The molecule has 38 heavy (non-hydrogen) atoms. The van der Waals surface area contributed by atoms with Crippen LogP contribution in [0.25, 0.3) is 10.9 Å². The van der Waals surface area contributed by atoms with E-state index < -0.39 is 0 Å². The van der Waals surface area contributed by atoms with Gasteiger partial charge in [-0.25, -0.2) is 4.98 Å². The maximum Gasteiger partial charge on any atom is 0.227 e. The molecule has 3 fully saturated rings. The number of piperazine rings is 2. The zero-order valence-corrected chi connectivity index (χ0v) is 22.3. The first-order valence-corrected chi connectivity index (χ1v) is 13.4. The van der Waals surface area contributed by atoms with Gasteiger partial charge in [-0.1, -0.05) is 0 Å². The fourth-order valence-electron chi connectivity index (χ4n) is 6.35. The molecule has 1 aromatic carbocycles. The molecule has 4 atom stereocenters. The van der Waals surface area contributed by atoms with Crippen molar-refractivity contribution >= 4 is 28.4 Å². The van der Waals surface area contributed by atoms with E-state index in [4.69, 9.17) is 20.4 Å². The van der Waals surface area contributed by atoms with E-state index in [-0.39, 0.29) is 12.1 Å². The number of nitrogens with two attached hydrogens (primary N) is 1. The third kappa shape index (κ3) is 4.41. The van der Waals surface area contributed by atoms with Gasteiger partial charge < -0.3 is 25.2 Å². The van der Waals surface area contributed by atoms with Crippen molar-refractivity contribution in [3.05, 3.63) is 47.8 Å². The van der Waals surface area contributed by atoms with Crippen molar-refractivity contribution < 1.29 is 4.74 Å². The van der Waals surface area contributed by atoms with Crippen LogP contribution >= 0.6 is 0 Å². The van der Waals surface area contributed by atoms with Gasteiger partial charge in [0.1, 0.15) is 11.9 Å². The van der Waals surface area contributed by atoms with Gasteiger partial charge in [0, 0.05) is 94.0 Å². The second-order valence-corrected chi connectivity index (χ2v) is 10.7. The summed E-state index contributed by atoms with van der Waals surface area (Å²) in [7, 11) is 1.71. The average Bonchev–Trinajstić information content (AvgIpc) is 3.32. The lowest BCUT2D eigenvalue weighted by Crippen LogP contribution is -2.65. The Morgan fingerprint density at radius 2 is 1.87 bits per heavy atom. The molecule has 10 nitrogen and oxygen atoms in total. The predicted molar refractivity (Wildman–Crippen MR) is 149 cm³/mol. The molecule has 2 N–H and O–H groups in total. The van der Waals surface area contributed by atoms with Crippen LogP contribution in [0, 0.1) is 18.3 Å². The van der Waals surface area contributed by atoms with Gasteiger partial charge in [-0.3, -0.25) is 9.88 Å². The molecule has 3 aromatic rings. The third-order valence-corrected chi connectivity index (χ3v) is 8.27. The second-order valence-electron chi connectivity index (χ2n) is 10.7. The van der Waals surface area contributed by atoms with Crippen molar-refractivity contribution in [2.75, 3.05) is 67.6 Å². The Hall–Kier alpha value is -3.52. The van der Waals surface area contributed by atoms with Gasteiger partial charge in [0.25, 0.3) is 0 Å². The van der Waals surface area contributed by atoms with Crippen LogP contribution in [0.4, 0.5) is 17.5 Å². The number of benzene rings is 1. The predicted octanol–water partition coefficient (Wildman–Crippen LogP) is 1.77. The molecular formula is C28H35N9O. The number of pyridine rings is 1. The molecule has 0 unspecified atom stereocenters. The number of anilines is 3. The lowest BCUT2D eigenvalue weighted by atomic mass is 10.0. The summed E-state index contributed by atoms with van der Waals surface area (Å²) in [5.41, 5.74) is 9.76. The molecule has 6 rings (SSSR count). The van der Waals surface area contributed by atoms with Crippen LogP contribution in [0.3, 0.4) is 0 Å². The van der Waals surface area contributed by atoms with Gasteiger partial charge in [0.15, 0.2) is 0 Å². The molecule has 2 aromatic heterocycles. The SMILES string of the molecule is CO[C@@H]1CN(c2nc(C)cc(N3CCN4[C@@H](C3)CN(c3ccc(C#N)c5ncccc35)C[C@H]4C)n2)C[C@H]1N. The topological polar surface area (TPSA) is 111 Å². The van der Waals surface area contributed by atoms with Crippen LogP contribution in [0.2, 0.25) is 0 Å². The van der Waals surface area contributed by atoms with Crippen LogP contribution in [0.15, 0.2) is 36.5 Å². The van der Waals surface area contributed by atoms with E-state index >= 15 is 0 Å². The molecular weight excluding hydrogens is 478 g/mol. The second kappa shape index (κ2) is 9.98. The fraction of sp³-hybridized carbons (Fsp3) is 0.500. The number of aromatic nitrogens is 3. The smallest absolute Gasteiger partial charge is 0.227 e. The van der Waals surface area contributed by atoms with E-state index in [1.54, 1.807) is 13.3 Å². The highest BCUT2D eigenvalue weighted by molar-refractivity contribution is 5.95. The molecule has 0 aliphatic carbocycles. The molecule has 3 aliphatic heterocycles. The number of nitrogens with zero attached hydrogens (tertiary/aromatic N) is 8. The van der Waals surface area contributed by atoms with Crippen molar-refractivity contribution in [3.63, 3.8) is 0 Å². The highest BCUT2D eigenvalue weighted by Crippen LogP contribution is 2.32. The van der Waals surface area contributed by atoms with Crippen LogP contribution in [-0.4, -0.2) is 97.0 Å². The molecule has 3 aliphatic rings. The lowest BCUT2D eigenvalue weighted by Gasteiger charge is -2.51. The summed E-state index contributed by atoms with van der Waals surface area (Å²) in [6.45, 7) is 10.4. The maximum absolute atomic E-state index is 9.58. The largest absolute Gasteiger partial charge is 0.378 e. The van der Waals surface area contributed by atoms with Gasteiger partial charge >= 0.3 is 0 Å². The number of hydrogen-bond donors (Lipinski definition) is 1. The molecule has 0 radical (unpaired) electrons. The average molecular weight is 514 g/mol. The molecule has 0 saturated carbocycles. The van der Waals surface area contributed by atoms with Crippen molar-refractivity contribution in [1.82, 2.24) is 19.9 Å². The Labute approximate surface area is 223 Å². The summed E-state index contributed by atoms with van der Waals surface area (Å²) >= 11 is 0. The first-order valence-electron chi connectivity index (χ1n) is 13.4. The van der Waals surface area contributed by atoms with Gasteiger partial charge in [-0.05, 0) is 38.1 Å². The van der Waals surface area contributed by atoms with E-state index in [0.717, 1.165) is 66.8 Å². The van der Waals surface area contributed by atoms with Crippen molar-refractivity contribution in [2.45, 2.75) is 38.1 Å². The fourth-order valence-corrected chi connectivity index (χ4v) is 6.35. The molecule has 0 bridgehead atoms. The van der Waals surface area contributed by atoms with Crippen LogP contribution < -0.4 is 20.4 Å². The first kappa shape index (κ1) is 24.8. The Balaban J connectivity index is 1.25. The molecule has 5 heterocycles. The maximum atomic E-state index is 9.58. The summed E-state index contributed by atoms with van der Waals surface area (Å²) < 4.78 is 5.54. The molecule has 10 heteroatoms. The Kier molecular flexibility index (Phi) is 6.51. The summed E-state index contributed by atoms with van der Waals surface area (Å²) in [5.74, 6) is 1.70. The Morgan fingerprint density at radius 3 is 2.66 bits per heavy atom. The monoisotopic (exact) mass is 513 g/mol. The van der Waals surface area contributed by atoms with Gasteiger partial charge in [0.05, 0.1) is 23.2 Å².